The maximum absolute atomic E-state index is 9.81. The molecule has 2 unspecified atom stereocenters. The van der Waals surface area contributed by atoms with Crippen LogP contribution in [-0.4, -0.2) is 57.8 Å². The van der Waals surface area contributed by atoms with E-state index < -0.39 is 6.10 Å². The fourth-order valence-electron chi connectivity index (χ4n) is 1.68. The highest BCUT2D eigenvalue weighted by Crippen LogP contribution is 2.11. The maximum Gasteiger partial charge on any atom is 0.119 e. The first-order valence-corrected chi connectivity index (χ1v) is 6.73. The van der Waals surface area contributed by atoms with Crippen molar-refractivity contribution in [3.05, 3.63) is 29.8 Å². The molecule has 6 heteroatoms. The standard InChI is InChI=1S/C15H22N2O4/c1-19-11-15(20-2)9-17-8-13(18)10-21-14-5-3-12(7-16)4-6-14/h3-6,13,15,17-18H,8-11H2,1-2H3. The summed E-state index contributed by atoms with van der Waals surface area (Å²) in [5.74, 6) is 0.627. The second-order valence-corrected chi connectivity index (χ2v) is 4.57. The Kier molecular flexibility index (Phi) is 8.40. The molecule has 0 bridgehead atoms. The van der Waals surface area contributed by atoms with Gasteiger partial charge in [-0.25, -0.2) is 0 Å². The molecule has 0 saturated heterocycles. The number of benzene rings is 1. The highest BCUT2D eigenvalue weighted by atomic mass is 16.5. The van der Waals surface area contributed by atoms with Gasteiger partial charge in [-0.1, -0.05) is 0 Å². The lowest BCUT2D eigenvalue weighted by Crippen LogP contribution is -2.38. The Hall–Kier alpha value is -1.65. The SMILES string of the molecule is COCC(CNCC(O)COc1ccc(C#N)cc1)OC. The summed E-state index contributed by atoms with van der Waals surface area (Å²) in [4.78, 5) is 0. The van der Waals surface area contributed by atoms with Gasteiger partial charge in [-0.3, -0.25) is 0 Å². The van der Waals surface area contributed by atoms with E-state index in [1.165, 1.54) is 0 Å². The molecule has 0 aliphatic rings. The predicted octanol–water partition coefficient (Wildman–Crippen LogP) is 0.549. The summed E-state index contributed by atoms with van der Waals surface area (Å²) in [5, 5.41) is 21.6. The number of hydrogen-bond donors (Lipinski definition) is 2. The Morgan fingerprint density at radius 3 is 2.48 bits per heavy atom. The molecule has 2 atom stereocenters. The minimum atomic E-state index is -0.624. The van der Waals surface area contributed by atoms with Gasteiger partial charge in [-0.2, -0.15) is 5.26 Å². The van der Waals surface area contributed by atoms with Crippen molar-refractivity contribution >= 4 is 0 Å². The average Bonchev–Trinajstić information content (AvgIpc) is 2.52. The van der Waals surface area contributed by atoms with Gasteiger partial charge in [0.1, 0.15) is 18.5 Å². The highest BCUT2D eigenvalue weighted by molar-refractivity contribution is 5.34. The van der Waals surface area contributed by atoms with E-state index in [2.05, 4.69) is 5.32 Å². The van der Waals surface area contributed by atoms with E-state index in [0.29, 0.717) is 31.0 Å². The van der Waals surface area contributed by atoms with Crippen molar-refractivity contribution in [3.8, 4) is 11.8 Å². The van der Waals surface area contributed by atoms with E-state index >= 15 is 0 Å². The summed E-state index contributed by atoms with van der Waals surface area (Å²) in [6.07, 6.45) is -0.665. The Labute approximate surface area is 125 Å². The minimum Gasteiger partial charge on any atom is -0.491 e. The monoisotopic (exact) mass is 294 g/mol. The van der Waals surface area contributed by atoms with Crippen molar-refractivity contribution in [1.29, 1.82) is 5.26 Å². The molecule has 2 N–H and O–H groups in total. The Morgan fingerprint density at radius 2 is 1.90 bits per heavy atom. The summed E-state index contributed by atoms with van der Waals surface area (Å²) < 4.78 is 15.6. The molecule has 21 heavy (non-hydrogen) atoms. The Balaban J connectivity index is 2.21. The molecule has 0 fully saturated rings. The molecule has 0 aliphatic heterocycles. The van der Waals surface area contributed by atoms with Gasteiger partial charge in [0.2, 0.25) is 0 Å². The molecule has 0 aromatic heterocycles. The van der Waals surface area contributed by atoms with Crippen LogP contribution in [0.4, 0.5) is 0 Å². The van der Waals surface area contributed by atoms with E-state index in [0.717, 1.165) is 0 Å². The van der Waals surface area contributed by atoms with Gasteiger partial charge < -0.3 is 24.6 Å². The lowest BCUT2D eigenvalue weighted by molar-refractivity contribution is 0.0257. The van der Waals surface area contributed by atoms with Crippen LogP contribution in [0, 0.1) is 11.3 Å². The van der Waals surface area contributed by atoms with Crippen molar-refractivity contribution in [3.63, 3.8) is 0 Å². The van der Waals surface area contributed by atoms with Crippen LogP contribution in [0.5, 0.6) is 5.75 Å². The van der Waals surface area contributed by atoms with Gasteiger partial charge >= 0.3 is 0 Å². The third kappa shape index (κ3) is 7.06. The first kappa shape index (κ1) is 17.4. The van der Waals surface area contributed by atoms with Crippen molar-refractivity contribution in [2.24, 2.45) is 0 Å². The Morgan fingerprint density at radius 1 is 1.19 bits per heavy atom. The van der Waals surface area contributed by atoms with Crippen LogP contribution in [0.3, 0.4) is 0 Å². The number of aliphatic hydroxyl groups excluding tert-OH is 1. The second kappa shape index (κ2) is 10.1. The Bertz CT molecular complexity index is 430. The van der Waals surface area contributed by atoms with E-state index in [4.69, 9.17) is 19.5 Å². The summed E-state index contributed by atoms with van der Waals surface area (Å²) in [5.41, 5.74) is 0.577. The minimum absolute atomic E-state index is 0.0401. The summed E-state index contributed by atoms with van der Waals surface area (Å²) >= 11 is 0. The summed E-state index contributed by atoms with van der Waals surface area (Å²) in [6.45, 7) is 1.68. The quantitative estimate of drug-likeness (QED) is 0.655. The van der Waals surface area contributed by atoms with E-state index in [1.54, 1.807) is 38.5 Å². The fourth-order valence-corrected chi connectivity index (χ4v) is 1.68. The van der Waals surface area contributed by atoms with Crippen molar-refractivity contribution in [1.82, 2.24) is 5.32 Å². The summed E-state index contributed by atoms with van der Waals surface area (Å²) in [6, 6.07) is 8.80. The first-order valence-electron chi connectivity index (χ1n) is 6.73. The maximum atomic E-state index is 9.81. The van der Waals surface area contributed by atoms with Gasteiger partial charge in [0.25, 0.3) is 0 Å². The normalized spacial score (nSPS) is 13.4. The molecule has 0 aliphatic carbocycles. The predicted molar refractivity (Wildman–Crippen MR) is 78.2 cm³/mol. The number of methoxy groups -OCH3 is 2. The van der Waals surface area contributed by atoms with Crippen molar-refractivity contribution < 1.29 is 19.3 Å². The summed E-state index contributed by atoms with van der Waals surface area (Å²) in [7, 11) is 3.24. The van der Waals surface area contributed by atoms with Crippen LogP contribution < -0.4 is 10.1 Å². The lowest BCUT2D eigenvalue weighted by atomic mass is 10.2. The number of rotatable bonds is 10. The third-order valence-corrected chi connectivity index (χ3v) is 2.86. The number of nitrogens with one attached hydrogen (secondary N) is 1. The number of aliphatic hydroxyl groups is 1. The van der Waals surface area contributed by atoms with Gasteiger partial charge in [-0.05, 0) is 24.3 Å². The largest absolute Gasteiger partial charge is 0.491 e. The molecule has 6 nitrogen and oxygen atoms in total. The topological polar surface area (TPSA) is 83.7 Å². The molecule has 0 saturated carbocycles. The van der Waals surface area contributed by atoms with Crippen LogP contribution in [0.15, 0.2) is 24.3 Å². The van der Waals surface area contributed by atoms with Crippen LogP contribution in [0.1, 0.15) is 5.56 Å². The zero-order valence-corrected chi connectivity index (χ0v) is 12.4. The van der Waals surface area contributed by atoms with Crippen molar-refractivity contribution in [2.75, 3.05) is 40.5 Å². The van der Waals surface area contributed by atoms with Gasteiger partial charge in [-0.15, -0.1) is 0 Å². The van der Waals surface area contributed by atoms with Gasteiger partial charge in [0.05, 0.1) is 24.3 Å². The van der Waals surface area contributed by atoms with Crippen molar-refractivity contribution in [2.45, 2.75) is 12.2 Å². The molecule has 0 heterocycles. The third-order valence-electron chi connectivity index (χ3n) is 2.86. The number of nitriles is 1. The molecule has 1 aromatic rings. The molecule has 0 radical (unpaired) electrons. The fraction of sp³-hybridized carbons (Fsp3) is 0.533. The molecular weight excluding hydrogens is 272 g/mol. The van der Waals surface area contributed by atoms with E-state index in [-0.39, 0.29) is 12.7 Å². The van der Waals surface area contributed by atoms with Crippen LogP contribution in [-0.2, 0) is 9.47 Å². The molecule has 0 spiro atoms. The van der Waals surface area contributed by atoms with Crippen LogP contribution in [0.25, 0.3) is 0 Å². The lowest BCUT2D eigenvalue weighted by Gasteiger charge is -2.17. The van der Waals surface area contributed by atoms with Gasteiger partial charge in [0, 0.05) is 27.3 Å². The molecule has 1 aromatic carbocycles. The smallest absolute Gasteiger partial charge is 0.119 e. The van der Waals surface area contributed by atoms with Crippen LogP contribution in [0.2, 0.25) is 0 Å². The zero-order chi connectivity index (χ0) is 15.5. The molecule has 0 amide bonds. The van der Waals surface area contributed by atoms with E-state index in [9.17, 15) is 5.11 Å². The highest BCUT2D eigenvalue weighted by Gasteiger charge is 2.09. The van der Waals surface area contributed by atoms with Gasteiger partial charge in [0.15, 0.2) is 0 Å². The van der Waals surface area contributed by atoms with Crippen LogP contribution >= 0.6 is 0 Å². The number of ether oxygens (including phenoxy) is 3. The number of nitrogens with zero attached hydrogens (tertiary/aromatic N) is 1. The molecule has 116 valence electrons. The van der Waals surface area contributed by atoms with E-state index in [1.807, 2.05) is 6.07 Å². The second-order valence-electron chi connectivity index (χ2n) is 4.57. The number of hydrogen-bond acceptors (Lipinski definition) is 6. The molecular formula is C15H22N2O4. The average molecular weight is 294 g/mol. The first-order chi connectivity index (χ1) is 10.2. The zero-order valence-electron chi connectivity index (χ0n) is 12.4. The molecule has 1 rings (SSSR count).